The number of carbonyl (C=O) groups is 2. The van der Waals surface area contributed by atoms with Gasteiger partial charge in [0.05, 0.1) is 7.11 Å². The number of aromatic amines is 1. The second kappa shape index (κ2) is 8.70. The number of halogens is 1. The fourth-order valence-corrected chi connectivity index (χ4v) is 2.78. The average Bonchev–Trinajstić information content (AvgIpc) is 3.04. The lowest BCUT2D eigenvalue weighted by Crippen LogP contribution is -2.36. The maximum Gasteiger partial charge on any atom is 0.328 e. The molecule has 3 N–H and O–H groups in total. The van der Waals surface area contributed by atoms with Gasteiger partial charge < -0.3 is 20.2 Å². The molecule has 0 amide bonds. The normalized spacial score (nSPS) is 11.5. The summed E-state index contributed by atoms with van der Waals surface area (Å²) in [7, 11) is 1.45. The molecule has 0 aliphatic heterocycles. The van der Waals surface area contributed by atoms with Crippen LogP contribution in [0.5, 0.6) is 11.5 Å². The van der Waals surface area contributed by atoms with Crippen LogP contribution >= 0.6 is 12.4 Å². The van der Waals surface area contributed by atoms with Gasteiger partial charge in [0.25, 0.3) is 0 Å². The molecule has 0 spiro atoms. The van der Waals surface area contributed by atoms with Crippen LogP contribution in [0, 0.1) is 0 Å². The fourth-order valence-electron chi connectivity index (χ4n) is 2.78. The van der Waals surface area contributed by atoms with Gasteiger partial charge in [0.15, 0.2) is 17.3 Å². The Hall–Kier alpha value is -2.83. The zero-order chi connectivity index (χ0) is 18.7. The summed E-state index contributed by atoms with van der Waals surface area (Å²) in [4.78, 5) is 27.0. The predicted octanol–water partition coefficient (Wildman–Crippen LogP) is 3.28. The number of nitrogens with two attached hydrogens (primary N) is 1. The monoisotopic (exact) mass is 388 g/mol. The molecule has 1 atom stereocenters. The molecule has 3 aromatic rings. The van der Waals surface area contributed by atoms with Crippen molar-refractivity contribution in [3.8, 4) is 11.5 Å². The molecule has 0 bridgehead atoms. The van der Waals surface area contributed by atoms with Crippen LogP contribution in [0.3, 0.4) is 0 Å². The summed E-state index contributed by atoms with van der Waals surface area (Å²) >= 11 is 0. The van der Waals surface area contributed by atoms with Crippen molar-refractivity contribution in [3.05, 3.63) is 59.8 Å². The molecule has 27 heavy (non-hydrogen) atoms. The lowest BCUT2D eigenvalue weighted by molar-refractivity contribution is -0.135. The van der Waals surface area contributed by atoms with E-state index in [-0.39, 0.29) is 23.9 Å². The van der Waals surface area contributed by atoms with Crippen molar-refractivity contribution in [2.45, 2.75) is 19.4 Å². The topological polar surface area (TPSA) is 94.4 Å². The highest BCUT2D eigenvalue weighted by Gasteiger charge is 2.20. The van der Waals surface area contributed by atoms with E-state index < -0.39 is 12.0 Å². The quantitative estimate of drug-likeness (QED) is 0.384. The third kappa shape index (κ3) is 4.48. The Labute approximate surface area is 163 Å². The Kier molecular flexibility index (Phi) is 6.60. The molecule has 0 radical (unpaired) electrons. The molecule has 6 nitrogen and oxygen atoms in total. The maximum absolute atomic E-state index is 12.4. The van der Waals surface area contributed by atoms with E-state index in [1.165, 1.54) is 26.2 Å². The van der Waals surface area contributed by atoms with Gasteiger partial charge in [-0.3, -0.25) is 4.79 Å². The molecule has 0 fully saturated rings. The highest BCUT2D eigenvalue weighted by Crippen LogP contribution is 2.29. The van der Waals surface area contributed by atoms with Gasteiger partial charge in [0.1, 0.15) is 6.04 Å². The fraction of sp³-hybridized carbons (Fsp3) is 0.200. The number of hydrogen-bond donors (Lipinski definition) is 2. The van der Waals surface area contributed by atoms with Crippen molar-refractivity contribution in [1.82, 2.24) is 4.98 Å². The summed E-state index contributed by atoms with van der Waals surface area (Å²) < 4.78 is 10.6. The molecule has 7 heteroatoms. The number of methoxy groups -OCH3 is 1. The number of para-hydroxylation sites is 1. The van der Waals surface area contributed by atoms with Crippen molar-refractivity contribution < 1.29 is 19.1 Å². The molecule has 1 aromatic heterocycles. The number of H-pyrrole nitrogens is 1. The Morgan fingerprint density at radius 1 is 1.15 bits per heavy atom. The van der Waals surface area contributed by atoms with E-state index in [9.17, 15) is 9.59 Å². The van der Waals surface area contributed by atoms with Crippen molar-refractivity contribution in [2.24, 2.45) is 5.73 Å². The number of hydrogen-bond acceptors (Lipinski definition) is 5. The van der Waals surface area contributed by atoms with Crippen molar-refractivity contribution >= 4 is 35.1 Å². The first kappa shape index (κ1) is 20.5. The standard InChI is InChI=1S/C20H20N2O4.ClH/c1-12(23)13-7-8-18(19(10-13)25-2)26-20(24)16(21)9-14-11-22-17-6-4-3-5-15(14)17;/h3-8,10-11,16,22H,9,21H2,1-2H3;1H. The van der Waals surface area contributed by atoms with Crippen LogP contribution in [0.25, 0.3) is 10.9 Å². The summed E-state index contributed by atoms with van der Waals surface area (Å²) in [6, 6.07) is 11.6. The minimum absolute atomic E-state index is 0. The Balaban J connectivity index is 0.00000261. The molecule has 0 saturated heterocycles. The second-order valence-electron chi connectivity index (χ2n) is 6.01. The number of aromatic nitrogens is 1. The minimum Gasteiger partial charge on any atom is -0.493 e. The molecule has 2 aromatic carbocycles. The van der Waals surface area contributed by atoms with Crippen LogP contribution in [0.2, 0.25) is 0 Å². The third-order valence-electron chi connectivity index (χ3n) is 4.20. The van der Waals surface area contributed by atoms with Crippen molar-refractivity contribution in [3.63, 3.8) is 0 Å². The number of rotatable bonds is 6. The molecule has 142 valence electrons. The third-order valence-corrected chi connectivity index (χ3v) is 4.20. The summed E-state index contributed by atoms with van der Waals surface area (Å²) in [6.45, 7) is 1.46. The van der Waals surface area contributed by atoms with E-state index in [4.69, 9.17) is 15.2 Å². The van der Waals surface area contributed by atoms with Gasteiger partial charge in [-0.15, -0.1) is 12.4 Å². The van der Waals surface area contributed by atoms with Gasteiger partial charge in [-0.2, -0.15) is 0 Å². The van der Waals surface area contributed by atoms with Crippen LogP contribution < -0.4 is 15.2 Å². The van der Waals surface area contributed by atoms with Gasteiger partial charge in [0.2, 0.25) is 0 Å². The maximum atomic E-state index is 12.4. The smallest absolute Gasteiger partial charge is 0.328 e. The molecule has 0 saturated carbocycles. The highest BCUT2D eigenvalue weighted by atomic mass is 35.5. The van der Waals surface area contributed by atoms with Gasteiger partial charge in [-0.1, -0.05) is 18.2 Å². The minimum atomic E-state index is -0.827. The summed E-state index contributed by atoms with van der Waals surface area (Å²) in [5, 5.41) is 1.03. The number of ketones is 1. The Morgan fingerprint density at radius 3 is 2.59 bits per heavy atom. The number of esters is 1. The number of ether oxygens (including phenoxy) is 2. The summed E-state index contributed by atoms with van der Waals surface area (Å²) in [6.07, 6.45) is 2.19. The van der Waals surface area contributed by atoms with Crippen LogP contribution in [0.15, 0.2) is 48.7 Å². The number of carbonyl (C=O) groups excluding carboxylic acids is 2. The zero-order valence-corrected chi connectivity index (χ0v) is 15.8. The van der Waals surface area contributed by atoms with Crippen LogP contribution in [-0.2, 0) is 11.2 Å². The predicted molar refractivity (Wildman–Crippen MR) is 106 cm³/mol. The van der Waals surface area contributed by atoms with Crippen molar-refractivity contribution in [1.29, 1.82) is 0 Å². The van der Waals surface area contributed by atoms with E-state index in [1.54, 1.807) is 6.07 Å². The molecular formula is C20H21ClN2O4. The van der Waals surface area contributed by atoms with Gasteiger partial charge in [-0.25, -0.2) is 4.79 Å². The lowest BCUT2D eigenvalue weighted by atomic mass is 10.1. The number of Topliss-reactive ketones (excluding diaryl/α,β-unsaturated/α-hetero) is 1. The second-order valence-corrected chi connectivity index (χ2v) is 6.01. The molecule has 1 unspecified atom stereocenters. The molecule has 0 aliphatic rings. The van der Waals surface area contributed by atoms with Crippen LogP contribution in [-0.4, -0.2) is 29.9 Å². The molecular weight excluding hydrogens is 368 g/mol. The highest BCUT2D eigenvalue weighted by molar-refractivity contribution is 5.95. The summed E-state index contributed by atoms with van der Waals surface area (Å²) in [5.74, 6) is -0.122. The Morgan fingerprint density at radius 2 is 1.89 bits per heavy atom. The number of nitrogens with one attached hydrogen (secondary N) is 1. The van der Waals surface area contributed by atoms with E-state index in [1.807, 2.05) is 30.5 Å². The van der Waals surface area contributed by atoms with E-state index in [0.717, 1.165) is 16.5 Å². The molecule has 3 rings (SSSR count). The van der Waals surface area contributed by atoms with E-state index >= 15 is 0 Å². The first-order chi connectivity index (χ1) is 12.5. The van der Waals surface area contributed by atoms with Gasteiger partial charge in [0, 0.05) is 29.1 Å². The van der Waals surface area contributed by atoms with E-state index in [0.29, 0.717) is 17.7 Å². The molecule has 0 aliphatic carbocycles. The van der Waals surface area contributed by atoms with Gasteiger partial charge in [-0.05, 0) is 36.8 Å². The molecule has 1 heterocycles. The number of fused-ring (bicyclic) bond motifs is 1. The number of benzene rings is 2. The Bertz CT molecular complexity index is 968. The zero-order valence-electron chi connectivity index (χ0n) is 15.0. The SMILES string of the molecule is COc1cc(C(C)=O)ccc1OC(=O)C(N)Cc1c[nH]c2ccccc12.Cl. The first-order valence-electron chi connectivity index (χ1n) is 8.21. The van der Waals surface area contributed by atoms with E-state index in [2.05, 4.69) is 4.98 Å². The summed E-state index contributed by atoms with van der Waals surface area (Å²) in [5.41, 5.74) is 8.45. The van der Waals surface area contributed by atoms with Crippen LogP contribution in [0.1, 0.15) is 22.8 Å². The van der Waals surface area contributed by atoms with Crippen molar-refractivity contribution in [2.75, 3.05) is 7.11 Å². The van der Waals surface area contributed by atoms with Gasteiger partial charge >= 0.3 is 5.97 Å². The lowest BCUT2D eigenvalue weighted by Gasteiger charge is -2.13. The average molecular weight is 389 g/mol. The first-order valence-corrected chi connectivity index (χ1v) is 8.21. The largest absolute Gasteiger partial charge is 0.493 e. The van der Waals surface area contributed by atoms with Crippen LogP contribution in [0.4, 0.5) is 0 Å².